The van der Waals surface area contributed by atoms with E-state index in [-0.39, 0.29) is 5.41 Å². The average molecular weight is 274 g/mol. The van der Waals surface area contributed by atoms with E-state index in [1.807, 2.05) is 0 Å². The number of para-hydroxylation sites is 1. The quantitative estimate of drug-likeness (QED) is 0.913. The molecule has 0 amide bonds. The Morgan fingerprint density at radius 3 is 2.20 bits per heavy atom. The fraction of sp³-hybridized carbons (Fsp3) is 0.647. The van der Waals surface area contributed by atoms with Gasteiger partial charge in [0.2, 0.25) is 0 Å². The molecule has 1 saturated heterocycles. The first-order valence-corrected chi connectivity index (χ1v) is 7.95. The van der Waals surface area contributed by atoms with Gasteiger partial charge in [0, 0.05) is 50.4 Å². The summed E-state index contributed by atoms with van der Waals surface area (Å²) >= 11 is 0. The van der Waals surface area contributed by atoms with Crippen molar-refractivity contribution in [2.75, 3.05) is 44.2 Å². The topological polar surface area (TPSA) is 26.7 Å². The van der Waals surface area contributed by atoms with Gasteiger partial charge in [0.05, 0.1) is 0 Å². The molecule has 20 heavy (non-hydrogen) atoms. The Kier molecular flexibility index (Phi) is 4.27. The van der Waals surface area contributed by atoms with Crippen molar-refractivity contribution < 1.29 is 5.11 Å². The summed E-state index contributed by atoms with van der Waals surface area (Å²) in [4.78, 5) is 5.03. The van der Waals surface area contributed by atoms with Gasteiger partial charge >= 0.3 is 0 Å². The fourth-order valence-electron chi connectivity index (χ4n) is 3.77. The van der Waals surface area contributed by atoms with Crippen LogP contribution in [0.15, 0.2) is 30.3 Å². The summed E-state index contributed by atoms with van der Waals surface area (Å²) in [6.07, 6.45) is 5.01. The number of hydrogen-bond donors (Lipinski definition) is 1. The lowest BCUT2D eigenvalue weighted by Crippen LogP contribution is -2.50. The highest BCUT2D eigenvalue weighted by Gasteiger charge is 2.35. The van der Waals surface area contributed by atoms with Gasteiger partial charge in [-0.1, -0.05) is 31.0 Å². The zero-order chi connectivity index (χ0) is 13.8. The van der Waals surface area contributed by atoms with Crippen molar-refractivity contribution in [3.8, 4) is 0 Å². The molecular weight excluding hydrogens is 248 g/mol. The van der Waals surface area contributed by atoms with E-state index in [0.717, 1.165) is 32.7 Å². The molecule has 1 aliphatic carbocycles. The third-order valence-electron chi connectivity index (χ3n) is 5.05. The highest BCUT2D eigenvalue weighted by Crippen LogP contribution is 2.38. The summed E-state index contributed by atoms with van der Waals surface area (Å²) in [5, 5.41) is 9.74. The van der Waals surface area contributed by atoms with Crippen LogP contribution in [0.1, 0.15) is 25.7 Å². The van der Waals surface area contributed by atoms with Crippen LogP contribution in [-0.4, -0.2) is 49.3 Å². The first kappa shape index (κ1) is 13.9. The molecule has 1 aliphatic heterocycles. The zero-order valence-electron chi connectivity index (χ0n) is 12.3. The van der Waals surface area contributed by atoms with E-state index in [0.29, 0.717) is 6.61 Å². The second-order valence-electron chi connectivity index (χ2n) is 6.46. The van der Waals surface area contributed by atoms with E-state index < -0.39 is 0 Å². The Morgan fingerprint density at radius 2 is 1.60 bits per heavy atom. The Balaban J connectivity index is 1.54. The zero-order valence-corrected chi connectivity index (χ0v) is 12.3. The molecule has 0 radical (unpaired) electrons. The maximum atomic E-state index is 9.74. The Hall–Kier alpha value is -1.06. The molecule has 2 fully saturated rings. The van der Waals surface area contributed by atoms with Crippen molar-refractivity contribution in [1.82, 2.24) is 4.90 Å². The first-order valence-electron chi connectivity index (χ1n) is 7.95. The molecule has 110 valence electrons. The van der Waals surface area contributed by atoms with Crippen LogP contribution in [0.2, 0.25) is 0 Å². The summed E-state index contributed by atoms with van der Waals surface area (Å²) in [5.74, 6) is 0. The van der Waals surface area contributed by atoms with Gasteiger partial charge in [0.25, 0.3) is 0 Å². The second-order valence-corrected chi connectivity index (χ2v) is 6.46. The standard InChI is InChI=1S/C17H26N2O/c20-15-17(8-4-5-9-17)14-18-10-12-19(13-11-18)16-6-2-1-3-7-16/h1-3,6-7,20H,4-5,8-15H2. The molecule has 1 aromatic carbocycles. The number of aliphatic hydroxyl groups is 1. The molecule has 0 bridgehead atoms. The highest BCUT2D eigenvalue weighted by atomic mass is 16.3. The van der Waals surface area contributed by atoms with Crippen LogP contribution in [0.4, 0.5) is 5.69 Å². The lowest BCUT2D eigenvalue weighted by atomic mass is 9.86. The summed E-state index contributed by atoms with van der Waals surface area (Å²) < 4.78 is 0. The maximum absolute atomic E-state index is 9.74. The van der Waals surface area contributed by atoms with Crippen LogP contribution >= 0.6 is 0 Å². The third kappa shape index (κ3) is 2.99. The van der Waals surface area contributed by atoms with Gasteiger partial charge in [-0.25, -0.2) is 0 Å². The van der Waals surface area contributed by atoms with Gasteiger partial charge < -0.3 is 10.0 Å². The van der Waals surface area contributed by atoms with Gasteiger partial charge in [0.15, 0.2) is 0 Å². The van der Waals surface area contributed by atoms with Gasteiger partial charge in [-0.15, -0.1) is 0 Å². The molecule has 2 aliphatic rings. The van der Waals surface area contributed by atoms with Crippen molar-refractivity contribution in [1.29, 1.82) is 0 Å². The Bertz CT molecular complexity index is 406. The smallest absolute Gasteiger partial charge is 0.0499 e. The van der Waals surface area contributed by atoms with E-state index in [9.17, 15) is 5.11 Å². The van der Waals surface area contributed by atoms with Crippen LogP contribution in [-0.2, 0) is 0 Å². The summed E-state index contributed by atoms with van der Waals surface area (Å²) in [6, 6.07) is 10.7. The van der Waals surface area contributed by atoms with E-state index in [1.54, 1.807) is 0 Å². The Morgan fingerprint density at radius 1 is 0.950 bits per heavy atom. The molecule has 3 rings (SSSR count). The summed E-state index contributed by atoms with van der Waals surface area (Å²) in [7, 11) is 0. The minimum absolute atomic E-state index is 0.203. The van der Waals surface area contributed by atoms with Crippen LogP contribution in [0.5, 0.6) is 0 Å². The van der Waals surface area contributed by atoms with Crippen LogP contribution in [0.3, 0.4) is 0 Å². The Labute approximate surface area is 122 Å². The number of aliphatic hydroxyl groups excluding tert-OH is 1. The highest BCUT2D eigenvalue weighted by molar-refractivity contribution is 5.46. The number of benzene rings is 1. The van der Waals surface area contributed by atoms with Crippen molar-refractivity contribution in [3.63, 3.8) is 0 Å². The molecular formula is C17H26N2O. The predicted octanol–water partition coefficient (Wildman–Crippen LogP) is 2.36. The number of anilines is 1. The number of piperazine rings is 1. The SMILES string of the molecule is OCC1(CN2CCN(c3ccccc3)CC2)CCCC1. The summed E-state index contributed by atoms with van der Waals surface area (Å²) in [6.45, 7) is 5.91. The second kappa shape index (κ2) is 6.15. The van der Waals surface area contributed by atoms with Gasteiger partial charge in [-0.3, -0.25) is 4.90 Å². The largest absolute Gasteiger partial charge is 0.396 e. The van der Waals surface area contributed by atoms with Gasteiger partial charge in [-0.2, -0.15) is 0 Å². The number of hydrogen-bond acceptors (Lipinski definition) is 3. The molecule has 1 saturated carbocycles. The predicted molar refractivity (Wildman–Crippen MR) is 83.1 cm³/mol. The third-order valence-corrected chi connectivity index (χ3v) is 5.05. The summed E-state index contributed by atoms with van der Waals surface area (Å²) in [5.41, 5.74) is 1.54. The lowest BCUT2D eigenvalue weighted by Gasteiger charge is -2.40. The molecule has 0 atom stereocenters. The van der Waals surface area contributed by atoms with Crippen molar-refractivity contribution in [2.24, 2.45) is 5.41 Å². The number of nitrogens with zero attached hydrogens (tertiary/aromatic N) is 2. The molecule has 3 heteroatoms. The van der Waals surface area contributed by atoms with E-state index in [1.165, 1.54) is 31.4 Å². The number of rotatable bonds is 4. The molecule has 3 nitrogen and oxygen atoms in total. The first-order chi connectivity index (χ1) is 9.81. The van der Waals surface area contributed by atoms with E-state index in [2.05, 4.69) is 40.1 Å². The molecule has 0 spiro atoms. The van der Waals surface area contributed by atoms with Crippen LogP contribution < -0.4 is 4.90 Å². The minimum atomic E-state index is 0.203. The van der Waals surface area contributed by atoms with Gasteiger partial charge in [-0.05, 0) is 25.0 Å². The van der Waals surface area contributed by atoms with Crippen molar-refractivity contribution in [2.45, 2.75) is 25.7 Å². The molecule has 1 N–H and O–H groups in total. The molecule has 1 aromatic rings. The van der Waals surface area contributed by atoms with Crippen LogP contribution in [0, 0.1) is 5.41 Å². The maximum Gasteiger partial charge on any atom is 0.0499 e. The van der Waals surface area contributed by atoms with E-state index >= 15 is 0 Å². The molecule has 0 aromatic heterocycles. The average Bonchev–Trinajstić information content (AvgIpc) is 2.98. The van der Waals surface area contributed by atoms with Crippen molar-refractivity contribution >= 4 is 5.69 Å². The monoisotopic (exact) mass is 274 g/mol. The van der Waals surface area contributed by atoms with Crippen molar-refractivity contribution in [3.05, 3.63) is 30.3 Å². The minimum Gasteiger partial charge on any atom is -0.396 e. The van der Waals surface area contributed by atoms with Crippen LogP contribution in [0.25, 0.3) is 0 Å². The molecule has 0 unspecified atom stereocenters. The molecule has 1 heterocycles. The van der Waals surface area contributed by atoms with Gasteiger partial charge in [0.1, 0.15) is 0 Å². The normalized spacial score (nSPS) is 23.1. The fourth-order valence-corrected chi connectivity index (χ4v) is 3.77. The lowest BCUT2D eigenvalue weighted by molar-refractivity contribution is 0.0757. The van der Waals surface area contributed by atoms with E-state index in [4.69, 9.17) is 0 Å².